The third-order valence-corrected chi connectivity index (χ3v) is 3.52. The topological polar surface area (TPSA) is 69.2 Å². The van der Waals surface area contributed by atoms with E-state index in [9.17, 15) is 22.4 Å². The van der Waals surface area contributed by atoms with Crippen LogP contribution < -0.4 is 10.3 Å². The van der Waals surface area contributed by atoms with E-state index in [1.165, 1.54) is 37.3 Å². The molecule has 0 spiro atoms. The molecule has 150 valence electrons. The lowest BCUT2D eigenvalue weighted by molar-refractivity contribution is -0.138. The van der Waals surface area contributed by atoms with Gasteiger partial charge in [-0.1, -0.05) is 23.4 Å². The standard InChI is InChI=1S/C18H16F4N2O4/c1-11(12-7-8-15(19)16(9-12)28-24-17(25)26-2)23-27-10-13-5-3-4-6-14(13)18(20,21)22/h3-9H,10H2,1-2H3,(H,24,25)/b23-11+. The molecular formula is C18H16F4N2O4. The third-order valence-electron chi connectivity index (χ3n) is 3.52. The number of hydroxylamine groups is 1. The van der Waals surface area contributed by atoms with Crippen LogP contribution in [0.2, 0.25) is 0 Å². The van der Waals surface area contributed by atoms with Gasteiger partial charge in [0.15, 0.2) is 11.6 Å². The molecule has 28 heavy (non-hydrogen) atoms. The van der Waals surface area contributed by atoms with Crippen LogP contribution in [0.5, 0.6) is 5.75 Å². The van der Waals surface area contributed by atoms with Crippen molar-refractivity contribution in [1.29, 1.82) is 0 Å². The molecule has 6 nitrogen and oxygen atoms in total. The van der Waals surface area contributed by atoms with E-state index in [-0.39, 0.29) is 17.0 Å². The maximum absolute atomic E-state index is 13.7. The Morgan fingerprint density at radius 2 is 1.89 bits per heavy atom. The summed E-state index contributed by atoms with van der Waals surface area (Å²) in [5.41, 5.74) is 1.60. The van der Waals surface area contributed by atoms with Crippen LogP contribution in [-0.2, 0) is 22.4 Å². The number of alkyl halides is 3. The van der Waals surface area contributed by atoms with Crippen LogP contribution in [0.25, 0.3) is 0 Å². The second-order valence-electron chi connectivity index (χ2n) is 5.45. The zero-order valence-electron chi connectivity index (χ0n) is 14.8. The fourth-order valence-corrected chi connectivity index (χ4v) is 2.12. The van der Waals surface area contributed by atoms with Crippen LogP contribution in [0.15, 0.2) is 47.6 Å². The Bertz CT molecular complexity index is 869. The fraction of sp³-hybridized carbons (Fsp3) is 0.222. The van der Waals surface area contributed by atoms with E-state index in [2.05, 4.69) is 9.89 Å². The smallest absolute Gasteiger partial charge is 0.440 e. The van der Waals surface area contributed by atoms with Crippen molar-refractivity contribution < 1.29 is 36.8 Å². The molecule has 0 unspecified atom stereocenters. The van der Waals surface area contributed by atoms with Crippen LogP contribution >= 0.6 is 0 Å². The predicted octanol–water partition coefficient (Wildman–Crippen LogP) is 4.44. The van der Waals surface area contributed by atoms with Crippen LogP contribution in [-0.4, -0.2) is 18.9 Å². The predicted molar refractivity (Wildman–Crippen MR) is 91.0 cm³/mol. The highest BCUT2D eigenvalue weighted by molar-refractivity contribution is 5.98. The van der Waals surface area contributed by atoms with Crippen LogP contribution in [0.1, 0.15) is 23.6 Å². The van der Waals surface area contributed by atoms with Gasteiger partial charge in [-0.05, 0) is 31.2 Å². The van der Waals surface area contributed by atoms with E-state index < -0.39 is 30.3 Å². The molecule has 2 rings (SSSR count). The van der Waals surface area contributed by atoms with E-state index in [1.54, 1.807) is 0 Å². The average molecular weight is 400 g/mol. The van der Waals surface area contributed by atoms with Crippen molar-refractivity contribution in [3.63, 3.8) is 0 Å². The first kappa shape index (κ1) is 21.0. The van der Waals surface area contributed by atoms with Gasteiger partial charge in [0, 0.05) is 11.1 Å². The number of hydrogen-bond donors (Lipinski definition) is 1. The van der Waals surface area contributed by atoms with Crippen molar-refractivity contribution >= 4 is 11.8 Å². The number of carbonyl (C=O) groups excluding carboxylic acids is 1. The number of oxime groups is 1. The minimum atomic E-state index is -4.51. The summed E-state index contributed by atoms with van der Waals surface area (Å²) < 4.78 is 56.9. The van der Waals surface area contributed by atoms with Crippen LogP contribution in [0.3, 0.4) is 0 Å². The monoisotopic (exact) mass is 400 g/mol. The van der Waals surface area contributed by atoms with E-state index in [1.807, 2.05) is 5.48 Å². The molecule has 0 aliphatic heterocycles. The van der Waals surface area contributed by atoms with Gasteiger partial charge < -0.3 is 14.4 Å². The summed E-state index contributed by atoms with van der Waals surface area (Å²) in [5, 5.41) is 3.75. The summed E-state index contributed by atoms with van der Waals surface area (Å²) in [6.45, 7) is 1.11. The highest BCUT2D eigenvalue weighted by Gasteiger charge is 2.33. The number of ether oxygens (including phenoxy) is 1. The Morgan fingerprint density at radius 1 is 1.18 bits per heavy atom. The highest BCUT2D eigenvalue weighted by atomic mass is 19.4. The van der Waals surface area contributed by atoms with Gasteiger partial charge in [-0.3, -0.25) is 0 Å². The first-order chi connectivity index (χ1) is 13.2. The Hall–Kier alpha value is -3.30. The molecule has 0 aliphatic rings. The zero-order valence-corrected chi connectivity index (χ0v) is 14.8. The Balaban J connectivity index is 2.09. The molecule has 0 aromatic heterocycles. The number of benzene rings is 2. The van der Waals surface area contributed by atoms with Gasteiger partial charge >= 0.3 is 12.3 Å². The molecule has 0 saturated heterocycles. The SMILES string of the molecule is COC(=O)NOc1cc(/C(C)=N/OCc2ccccc2C(F)(F)F)ccc1F. The average Bonchev–Trinajstić information content (AvgIpc) is 2.66. The fourth-order valence-electron chi connectivity index (χ4n) is 2.12. The van der Waals surface area contributed by atoms with Gasteiger partial charge in [0.2, 0.25) is 0 Å². The van der Waals surface area contributed by atoms with Crippen molar-refractivity contribution in [2.24, 2.45) is 5.16 Å². The van der Waals surface area contributed by atoms with Gasteiger partial charge in [-0.25, -0.2) is 9.18 Å². The molecule has 0 fully saturated rings. The molecule has 0 heterocycles. The number of halogens is 4. The Kier molecular flexibility index (Phi) is 6.80. The second-order valence-corrected chi connectivity index (χ2v) is 5.45. The lowest BCUT2D eigenvalue weighted by Crippen LogP contribution is -2.27. The second kappa shape index (κ2) is 9.07. The number of rotatable bonds is 6. The molecule has 2 aromatic rings. The summed E-state index contributed by atoms with van der Waals surface area (Å²) >= 11 is 0. The van der Waals surface area contributed by atoms with Crippen molar-refractivity contribution in [3.8, 4) is 5.75 Å². The number of nitrogens with zero attached hydrogens (tertiary/aromatic N) is 1. The summed E-state index contributed by atoms with van der Waals surface area (Å²) in [4.78, 5) is 20.8. The lowest BCUT2D eigenvalue weighted by Gasteiger charge is -2.12. The number of carbonyl (C=O) groups is 1. The summed E-state index contributed by atoms with van der Waals surface area (Å²) in [6.07, 6.45) is -5.43. The van der Waals surface area contributed by atoms with Crippen LogP contribution in [0, 0.1) is 5.82 Å². The first-order valence-corrected chi connectivity index (χ1v) is 7.84. The van der Waals surface area contributed by atoms with Gasteiger partial charge in [0.05, 0.1) is 18.4 Å². The molecule has 10 heteroatoms. The highest BCUT2D eigenvalue weighted by Crippen LogP contribution is 2.32. The minimum Gasteiger partial charge on any atom is -0.451 e. The molecular weight excluding hydrogens is 384 g/mol. The van der Waals surface area contributed by atoms with Gasteiger partial charge in [0.1, 0.15) is 6.61 Å². The lowest BCUT2D eigenvalue weighted by atomic mass is 10.1. The van der Waals surface area contributed by atoms with E-state index in [0.29, 0.717) is 5.56 Å². The molecule has 0 saturated carbocycles. The largest absolute Gasteiger partial charge is 0.451 e. The number of methoxy groups -OCH3 is 1. The summed E-state index contributed by atoms with van der Waals surface area (Å²) in [6, 6.07) is 8.65. The number of amides is 1. The van der Waals surface area contributed by atoms with Crippen LogP contribution in [0.4, 0.5) is 22.4 Å². The molecule has 0 radical (unpaired) electrons. The van der Waals surface area contributed by atoms with Gasteiger partial charge in [-0.2, -0.15) is 18.7 Å². The first-order valence-electron chi connectivity index (χ1n) is 7.84. The third kappa shape index (κ3) is 5.60. The molecule has 0 aliphatic carbocycles. The number of hydrogen-bond acceptors (Lipinski definition) is 5. The van der Waals surface area contributed by atoms with Crippen molar-refractivity contribution in [2.75, 3.05) is 7.11 Å². The molecule has 0 atom stereocenters. The molecule has 1 N–H and O–H groups in total. The van der Waals surface area contributed by atoms with E-state index >= 15 is 0 Å². The van der Waals surface area contributed by atoms with Crippen molar-refractivity contribution in [3.05, 3.63) is 65.0 Å². The molecule has 2 aromatic carbocycles. The maximum atomic E-state index is 13.7. The Labute approximate surface area is 157 Å². The number of nitrogens with one attached hydrogen (secondary N) is 1. The maximum Gasteiger partial charge on any atom is 0.440 e. The summed E-state index contributed by atoms with van der Waals surface area (Å²) in [5.74, 6) is -1.06. The van der Waals surface area contributed by atoms with E-state index in [0.717, 1.165) is 19.2 Å². The molecule has 0 bridgehead atoms. The molecule has 1 amide bonds. The minimum absolute atomic E-state index is 0.0723. The zero-order chi connectivity index (χ0) is 20.7. The van der Waals surface area contributed by atoms with E-state index in [4.69, 9.17) is 9.68 Å². The normalized spacial score (nSPS) is 11.7. The van der Waals surface area contributed by atoms with Gasteiger partial charge in [-0.15, -0.1) is 0 Å². The Morgan fingerprint density at radius 3 is 2.57 bits per heavy atom. The van der Waals surface area contributed by atoms with Crippen molar-refractivity contribution in [1.82, 2.24) is 5.48 Å². The quantitative estimate of drug-likeness (QED) is 0.442. The van der Waals surface area contributed by atoms with Crippen molar-refractivity contribution in [2.45, 2.75) is 19.7 Å². The summed E-state index contributed by atoms with van der Waals surface area (Å²) in [7, 11) is 1.11. The van der Waals surface area contributed by atoms with Gasteiger partial charge in [0.25, 0.3) is 0 Å².